The van der Waals surface area contributed by atoms with Gasteiger partial charge in [0, 0.05) is 24.4 Å². The van der Waals surface area contributed by atoms with Crippen molar-refractivity contribution in [2.45, 2.75) is 30.8 Å². The van der Waals surface area contributed by atoms with E-state index in [1.807, 2.05) is 33.0 Å². The average Bonchev–Trinajstić information content (AvgIpc) is 2.83. The summed E-state index contributed by atoms with van der Waals surface area (Å²) >= 11 is 1.57. The van der Waals surface area contributed by atoms with Crippen molar-refractivity contribution in [2.75, 3.05) is 6.61 Å². The Balaban J connectivity index is 2.18. The number of thioether (sulfide) groups is 1. The summed E-state index contributed by atoms with van der Waals surface area (Å²) in [6, 6.07) is 6.08. The fourth-order valence-corrected chi connectivity index (χ4v) is 2.61. The number of tetrazole rings is 1. The van der Waals surface area contributed by atoms with E-state index in [0.717, 1.165) is 27.8 Å². The molecule has 1 atom stereocenters. The Morgan fingerprint density at radius 1 is 1.45 bits per heavy atom. The Labute approximate surface area is 122 Å². The van der Waals surface area contributed by atoms with E-state index in [4.69, 9.17) is 10.5 Å². The fraction of sp³-hybridized carbons (Fsp3) is 0.462. The van der Waals surface area contributed by atoms with Crippen molar-refractivity contribution < 1.29 is 4.74 Å². The number of hydrogen-bond donors (Lipinski definition) is 1. The molecule has 108 valence electrons. The van der Waals surface area contributed by atoms with Crippen molar-refractivity contribution in [3.05, 3.63) is 29.3 Å². The van der Waals surface area contributed by atoms with Crippen LogP contribution < -0.4 is 10.5 Å². The third-order valence-corrected chi connectivity index (χ3v) is 3.91. The van der Waals surface area contributed by atoms with Crippen LogP contribution in [0.2, 0.25) is 0 Å². The predicted molar refractivity (Wildman–Crippen MR) is 78.6 cm³/mol. The minimum absolute atomic E-state index is 0.00548. The molecule has 1 heterocycles. The smallest absolute Gasteiger partial charge is 0.209 e. The highest BCUT2D eigenvalue weighted by molar-refractivity contribution is 7.98. The zero-order valence-corrected chi connectivity index (χ0v) is 12.7. The van der Waals surface area contributed by atoms with Crippen molar-refractivity contribution in [3.8, 4) is 5.75 Å². The largest absolute Gasteiger partial charge is 0.494 e. The third-order valence-electron chi connectivity index (χ3n) is 2.85. The van der Waals surface area contributed by atoms with Gasteiger partial charge < -0.3 is 10.5 Å². The first kappa shape index (κ1) is 14.8. The van der Waals surface area contributed by atoms with Crippen LogP contribution in [0.5, 0.6) is 5.75 Å². The van der Waals surface area contributed by atoms with Crippen molar-refractivity contribution in [1.82, 2.24) is 20.2 Å². The van der Waals surface area contributed by atoms with E-state index in [1.54, 1.807) is 16.4 Å². The van der Waals surface area contributed by atoms with Crippen LogP contribution in [0.25, 0.3) is 0 Å². The predicted octanol–water partition coefficient (Wildman–Crippen LogP) is 1.92. The van der Waals surface area contributed by atoms with Crippen LogP contribution in [-0.2, 0) is 12.8 Å². The van der Waals surface area contributed by atoms with Gasteiger partial charge in [0.25, 0.3) is 0 Å². The van der Waals surface area contributed by atoms with Gasteiger partial charge in [-0.25, -0.2) is 4.68 Å². The van der Waals surface area contributed by atoms with E-state index in [9.17, 15) is 0 Å². The van der Waals surface area contributed by atoms with Crippen molar-refractivity contribution in [3.63, 3.8) is 0 Å². The van der Waals surface area contributed by atoms with Gasteiger partial charge in [0.05, 0.1) is 6.61 Å². The highest BCUT2D eigenvalue weighted by Crippen LogP contribution is 2.28. The molecular formula is C13H19N5OS. The summed E-state index contributed by atoms with van der Waals surface area (Å²) < 4.78 is 7.31. The van der Waals surface area contributed by atoms with Crippen LogP contribution in [0.3, 0.4) is 0 Å². The number of hydrogen-bond acceptors (Lipinski definition) is 6. The zero-order chi connectivity index (χ0) is 14.5. The lowest BCUT2D eigenvalue weighted by Crippen LogP contribution is -2.06. The Hall–Kier alpha value is -1.60. The van der Waals surface area contributed by atoms with Gasteiger partial charge in [0.1, 0.15) is 5.75 Å². The van der Waals surface area contributed by atoms with Gasteiger partial charge in [-0.15, -0.1) is 5.10 Å². The summed E-state index contributed by atoms with van der Waals surface area (Å²) in [6.45, 7) is 4.59. The summed E-state index contributed by atoms with van der Waals surface area (Å²) in [7, 11) is 1.82. The molecule has 0 bridgehead atoms. The topological polar surface area (TPSA) is 78.8 Å². The maximum Gasteiger partial charge on any atom is 0.209 e. The first-order valence-corrected chi connectivity index (χ1v) is 7.46. The summed E-state index contributed by atoms with van der Waals surface area (Å²) in [5, 5.41) is 12.2. The molecule has 1 aromatic heterocycles. The number of aryl methyl sites for hydroxylation is 1. The molecule has 0 saturated heterocycles. The van der Waals surface area contributed by atoms with Crippen LogP contribution in [0.1, 0.15) is 31.0 Å². The molecule has 7 heteroatoms. The van der Waals surface area contributed by atoms with E-state index in [2.05, 4.69) is 21.6 Å². The standard InChI is InChI=1S/C13H19N5OS/c1-4-19-12-6-5-10(9(2)14)7-11(12)8-20-13-15-16-17-18(13)3/h5-7,9H,4,8,14H2,1-3H3. The zero-order valence-electron chi connectivity index (χ0n) is 11.9. The normalized spacial score (nSPS) is 12.4. The first-order chi connectivity index (χ1) is 9.61. The summed E-state index contributed by atoms with van der Waals surface area (Å²) in [5.74, 6) is 1.63. The number of benzene rings is 1. The molecule has 0 aliphatic heterocycles. The molecule has 0 aliphatic carbocycles. The van der Waals surface area contributed by atoms with Gasteiger partial charge in [-0.3, -0.25) is 0 Å². The molecule has 1 aromatic carbocycles. The molecule has 2 aromatic rings. The molecular weight excluding hydrogens is 274 g/mol. The molecule has 20 heavy (non-hydrogen) atoms. The SMILES string of the molecule is CCOc1ccc(C(C)N)cc1CSc1nnnn1C. The molecule has 2 N–H and O–H groups in total. The quantitative estimate of drug-likeness (QED) is 0.820. The maximum atomic E-state index is 5.94. The van der Waals surface area contributed by atoms with E-state index >= 15 is 0 Å². The van der Waals surface area contributed by atoms with E-state index in [0.29, 0.717) is 6.61 Å². The van der Waals surface area contributed by atoms with E-state index in [1.165, 1.54) is 0 Å². The van der Waals surface area contributed by atoms with Gasteiger partial charge in [-0.1, -0.05) is 17.8 Å². The lowest BCUT2D eigenvalue weighted by Gasteiger charge is -2.13. The van der Waals surface area contributed by atoms with Gasteiger partial charge >= 0.3 is 0 Å². The van der Waals surface area contributed by atoms with E-state index in [-0.39, 0.29) is 6.04 Å². The van der Waals surface area contributed by atoms with Crippen molar-refractivity contribution >= 4 is 11.8 Å². The summed E-state index contributed by atoms with van der Waals surface area (Å²) in [5.41, 5.74) is 8.14. The molecule has 0 radical (unpaired) electrons. The van der Waals surface area contributed by atoms with Crippen LogP contribution >= 0.6 is 11.8 Å². The average molecular weight is 293 g/mol. The second kappa shape index (κ2) is 6.71. The molecule has 0 spiro atoms. The van der Waals surface area contributed by atoms with Crippen LogP contribution in [0.4, 0.5) is 0 Å². The van der Waals surface area contributed by atoms with Crippen molar-refractivity contribution in [1.29, 1.82) is 0 Å². The van der Waals surface area contributed by atoms with Gasteiger partial charge in [-0.05, 0) is 42.0 Å². The molecule has 2 rings (SSSR count). The molecule has 0 saturated carbocycles. The Morgan fingerprint density at radius 3 is 2.85 bits per heavy atom. The number of nitrogens with two attached hydrogens (primary N) is 1. The molecule has 0 fully saturated rings. The minimum Gasteiger partial charge on any atom is -0.494 e. The number of rotatable bonds is 6. The highest BCUT2D eigenvalue weighted by Gasteiger charge is 2.10. The maximum absolute atomic E-state index is 5.94. The molecule has 6 nitrogen and oxygen atoms in total. The molecule has 0 aliphatic rings. The molecule has 1 unspecified atom stereocenters. The van der Waals surface area contributed by atoms with Crippen LogP contribution in [0, 0.1) is 0 Å². The molecule has 0 amide bonds. The third kappa shape index (κ3) is 3.49. The first-order valence-electron chi connectivity index (χ1n) is 6.48. The summed E-state index contributed by atoms with van der Waals surface area (Å²) in [4.78, 5) is 0. The van der Waals surface area contributed by atoms with E-state index < -0.39 is 0 Å². The minimum atomic E-state index is 0.00548. The number of nitrogens with zero attached hydrogens (tertiary/aromatic N) is 4. The fourth-order valence-electron chi connectivity index (χ4n) is 1.78. The Bertz CT molecular complexity index is 570. The van der Waals surface area contributed by atoms with Gasteiger partial charge in [0.15, 0.2) is 0 Å². The monoisotopic (exact) mass is 293 g/mol. The van der Waals surface area contributed by atoms with Crippen LogP contribution in [0.15, 0.2) is 23.4 Å². The van der Waals surface area contributed by atoms with Gasteiger partial charge in [0.2, 0.25) is 5.16 Å². The Kier molecular flexibility index (Phi) is 4.97. The lowest BCUT2D eigenvalue weighted by atomic mass is 10.1. The van der Waals surface area contributed by atoms with Crippen molar-refractivity contribution in [2.24, 2.45) is 12.8 Å². The Morgan fingerprint density at radius 2 is 2.25 bits per heavy atom. The lowest BCUT2D eigenvalue weighted by molar-refractivity contribution is 0.337. The second-order valence-corrected chi connectivity index (χ2v) is 5.41. The summed E-state index contributed by atoms with van der Waals surface area (Å²) in [6.07, 6.45) is 0. The number of aromatic nitrogens is 4. The number of ether oxygens (including phenoxy) is 1. The van der Waals surface area contributed by atoms with Crippen LogP contribution in [-0.4, -0.2) is 26.8 Å². The second-order valence-electron chi connectivity index (χ2n) is 4.46. The van der Waals surface area contributed by atoms with Gasteiger partial charge in [-0.2, -0.15) is 0 Å². The highest BCUT2D eigenvalue weighted by atomic mass is 32.2.